The van der Waals surface area contributed by atoms with E-state index in [1.807, 2.05) is 20.8 Å². The molecule has 0 unspecified atom stereocenters. The highest BCUT2D eigenvalue weighted by molar-refractivity contribution is 6.04. The lowest BCUT2D eigenvalue weighted by molar-refractivity contribution is -0.132. The van der Waals surface area contributed by atoms with Crippen LogP contribution < -0.4 is 0 Å². The van der Waals surface area contributed by atoms with Crippen LogP contribution in [0.1, 0.15) is 20.8 Å². The average molecular weight is 153 g/mol. The minimum absolute atomic E-state index is 0.167. The third-order valence-electron chi connectivity index (χ3n) is 1.63. The number of rotatable bonds is 1. The Bertz CT molecular complexity index is 247. The molecule has 1 rings (SSSR count). The predicted octanol–water partition coefficient (Wildman–Crippen LogP) is 1.30. The number of carbonyl (C=O) groups is 1. The first-order chi connectivity index (χ1) is 5.11. The molecule has 0 aromatic rings. The van der Waals surface area contributed by atoms with Gasteiger partial charge in [0.2, 0.25) is 5.90 Å². The van der Waals surface area contributed by atoms with Gasteiger partial charge < -0.3 is 4.74 Å². The summed E-state index contributed by atoms with van der Waals surface area (Å²) in [6.45, 7) is 5.99. The highest BCUT2D eigenvalue weighted by atomic mass is 16.6. The summed E-state index contributed by atoms with van der Waals surface area (Å²) in [6, 6.07) is 0. The molecule has 1 heterocycles. The van der Waals surface area contributed by atoms with Gasteiger partial charge in [-0.3, -0.25) is 0 Å². The van der Waals surface area contributed by atoms with Crippen molar-refractivity contribution in [1.29, 1.82) is 0 Å². The van der Waals surface area contributed by atoms with Crippen LogP contribution in [0.4, 0.5) is 0 Å². The molecule has 3 heteroatoms. The molecular weight excluding hydrogens is 142 g/mol. The van der Waals surface area contributed by atoms with Gasteiger partial charge >= 0.3 is 5.97 Å². The van der Waals surface area contributed by atoms with Crippen molar-refractivity contribution in [2.75, 3.05) is 6.54 Å². The van der Waals surface area contributed by atoms with Gasteiger partial charge in [0.25, 0.3) is 0 Å². The van der Waals surface area contributed by atoms with Crippen LogP contribution in [0.2, 0.25) is 0 Å². The topological polar surface area (TPSA) is 38.7 Å². The van der Waals surface area contributed by atoms with E-state index in [0.717, 1.165) is 11.1 Å². The number of nitrogens with zero attached hydrogens (tertiary/aromatic N) is 1. The summed E-state index contributed by atoms with van der Waals surface area (Å²) in [5, 5.41) is 0. The Hall–Kier alpha value is -1.12. The van der Waals surface area contributed by atoms with Gasteiger partial charge in [0.15, 0.2) is 0 Å². The molecule has 0 aliphatic carbocycles. The zero-order valence-electron chi connectivity index (χ0n) is 6.97. The monoisotopic (exact) mass is 153 g/mol. The third-order valence-corrected chi connectivity index (χ3v) is 1.63. The summed E-state index contributed by atoms with van der Waals surface area (Å²) < 4.78 is 4.84. The van der Waals surface area contributed by atoms with Gasteiger partial charge in [-0.1, -0.05) is 5.57 Å². The molecule has 0 bridgehead atoms. The number of hydrogen-bond acceptors (Lipinski definition) is 3. The van der Waals surface area contributed by atoms with E-state index in [9.17, 15) is 4.79 Å². The Kier molecular flexibility index (Phi) is 2.08. The fourth-order valence-electron chi connectivity index (χ4n) is 0.718. The Morgan fingerprint density at radius 1 is 1.45 bits per heavy atom. The largest absolute Gasteiger partial charge is 0.406 e. The molecule has 0 radical (unpaired) electrons. The number of ether oxygens (including phenoxy) is 1. The fourth-order valence-corrected chi connectivity index (χ4v) is 0.718. The van der Waals surface area contributed by atoms with Crippen LogP contribution in [-0.4, -0.2) is 18.4 Å². The van der Waals surface area contributed by atoms with Gasteiger partial charge in [-0.05, 0) is 20.8 Å². The summed E-state index contributed by atoms with van der Waals surface area (Å²) in [5.74, 6) is 0.218. The first-order valence-corrected chi connectivity index (χ1v) is 3.51. The summed E-state index contributed by atoms with van der Waals surface area (Å²) in [7, 11) is 0. The van der Waals surface area contributed by atoms with Crippen LogP contribution in [0.25, 0.3) is 0 Å². The average Bonchev–Trinajstić information content (AvgIpc) is 2.34. The van der Waals surface area contributed by atoms with Crippen molar-refractivity contribution >= 4 is 11.9 Å². The highest BCUT2D eigenvalue weighted by Crippen LogP contribution is 2.09. The molecule has 0 fully saturated rings. The Balaban J connectivity index is 2.79. The smallest absolute Gasteiger partial charge is 0.334 e. The van der Waals surface area contributed by atoms with Crippen molar-refractivity contribution in [2.45, 2.75) is 20.8 Å². The highest BCUT2D eigenvalue weighted by Gasteiger charge is 2.17. The van der Waals surface area contributed by atoms with E-state index < -0.39 is 0 Å². The molecule has 1 aliphatic heterocycles. The van der Waals surface area contributed by atoms with Gasteiger partial charge in [-0.25, -0.2) is 9.79 Å². The molecule has 0 amide bonds. The maximum atomic E-state index is 10.6. The van der Waals surface area contributed by atoms with Crippen molar-refractivity contribution in [3.8, 4) is 0 Å². The molecule has 0 spiro atoms. The van der Waals surface area contributed by atoms with Gasteiger partial charge in [-0.2, -0.15) is 0 Å². The van der Waals surface area contributed by atoms with Crippen LogP contribution in [0, 0.1) is 0 Å². The zero-order valence-corrected chi connectivity index (χ0v) is 6.97. The number of allylic oxidation sites excluding steroid dienone is 1. The minimum Gasteiger partial charge on any atom is -0.406 e. The van der Waals surface area contributed by atoms with E-state index in [2.05, 4.69) is 4.99 Å². The second-order valence-electron chi connectivity index (χ2n) is 2.72. The molecule has 0 aromatic carbocycles. The number of esters is 1. The molecule has 0 N–H and O–H groups in total. The van der Waals surface area contributed by atoms with E-state index in [1.54, 1.807) is 0 Å². The van der Waals surface area contributed by atoms with E-state index in [0.29, 0.717) is 5.90 Å². The first kappa shape index (κ1) is 7.98. The minimum atomic E-state index is -0.263. The van der Waals surface area contributed by atoms with E-state index in [1.165, 1.54) is 0 Å². The molecule has 11 heavy (non-hydrogen) atoms. The van der Waals surface area contributed by atoms with Crippen LogP contribution in [0.15, 0.2) is 16.1 Å². The molecule has 0 saturated heterocycles. The lowest BCUT2D eigenvalue weighted by Crippen LogP contribution is -2.06. The molecule has 0 saturated carbocycles. The van der Waals surface area contributed by atoms with Gasteiger partial charge in [0.05, 0.1) is 0 Å². The summed E-state index contributed by atoms with van der Waals surface area (Å²) in [4.78, 5) is 14.5. The molecule has 3 nitrogen and oxygen atoms in total. The number of carbonyl (C=O) groups excluding carboxylic acids is 1. The number of cyclic esters (lactones) is 1. The van der Waals surface area contributed by atoms with Crippen LogP contribution in [0.3, 0.4) is 0 Å². The number of aliphatic imine (C=N–C) groups is 1. The summed E-state index contributed by atoms with van der Waals surface area (Å²) in [6.07, 6.45) is 0. The number of hydrogen-bond donors (Lipinski definition) is 0. The third kappa shape index (κ3) is 1.67. The quantitative estimate of drug-likeness (QED) is 0.532. The zero-order chi connectivity index (χ0) is 8.43. The SMILES string of the molecule is CC(C)=C(C)C1=NCC(=O)O1. The lowest BCUT2D eigenvalue weighted by Gasteiger charge is -2.00. The molecule has 0 aromatic heterocycles. The molecular formula is C8H11NO2. The first-order valence-electron chi connectivity index (χ1n) is 3.51. The molecule has 0 atom stereocenters. The predicted molar refractivity (Wildman–Crippen MR) is 42.4 cm³/mol. The van der Waals surface area contributed by atoms with Gasteiger partial charge in [-0.15, -0.1) is 0 Å². The van der Waals surface area contributed by atoms with Crippen molar-refractivity contribution in [3.05, 3.63) is 11.1 Å². The van der Waals surface area contributed by atoms with Crippen LogP contribution in [0.5, 0.6) is 0 Å². The Morgan fingerprint density at radius 3 is 2.45 bits per heavy atom. The Morgan fingerprint density at radius 2 is 2.09 bits per heavy atom. The van der Waals surface area contributed by atoms with E-state index in [-0.39, 0.29) is 12.5 Å². The molecule has 1 aliphatic rings. The van der Waals surface area contributed by atoms with Gasteiger partial charge in [0.1, 0.15) is 6.54 Å². The summed E-state index contributed by atoms with van der Waals surface area (Å²) in [5.41, 5.74) is 2.08. The van der Waals surface area contributed by atoms with E-state index in [4.69, 9.17) is 4.74 Å². The standard InChI is InChI=1S/C8H11NO2/c1-5(2)6(3)8-9-4-7(10)11-8/h4H2,1-3H3. The maximum absolute atomic E-state index is 10.6. The maximum Gasteiger partial charge on any atom is 0.334 e. The Labute approximate surface area is 65.8 Å². The van der Waals surface area contributed by atoms with Crippen molar-refractivity contribution in [1.82, 2.24) is 0 Å². The van der Waals surface area contributed by atoms with Crippen molar-refractivity contribution in [3.63, 3.8) is 0 Å². The van der Waals surface area contributed by atoms with Crippen molar-refractivity contribution in [2.24, 2.45) is 4.99 Å². The summed E-state index contributed by atoms with van der Waals surface area (Å²) >= 11 is 0. The second kappa shape index (κ2) is 2.86. The lowest BCUT2D eigenvalue weighted by atomic mass is 10.2. The van der Waals surface area contributed by atoms with Crippen molar-refractivity contribution < 1.29 is 9.53 Å². The van der Waals surface area contributed by atoms with Crippen LogP contribution in [-0.2, 0) is 9.53 Å². The molecule has 60 valence electrons. The van der Waals surface area contributed by atoms with Gasteiger partial charge in [0, 0.05) is 5.57 Å². The second-order valence-corrected chi connectivity index (χ2v) is 2.72. The van der Waals surface area contributed by atoms with Crippen LogP contribution >= 0.6 is 0 Å². The normalized spacial score (nSPS) is 15.9. The van der Waals surface area contributed by atoms with E-state index >= 15 is 0 Å². The fraction of sp³-hybridized carbons (Fsp3) is 0.500.